The van der Waals surface area contributed by atoms with E-state index in [1.165, 1.54) is 28.1 Å². The van der Waals surface area contributed by atoms with Gasteiger partial charge in [-0.2, -0.15) is 26.3 Å². The van der Waals surface area contributed by atoms with Gasteiger partial charge in [-0.05, 0) is 19.3 Å². The van der Waals surface area contributed by atoms with Crippen LogP contribution in [-0.2, 0) is 28.9 Å². The Balaban J connectivity index is -0.0000000967. The van der Waals surface area contributed by atoms with Crippen LogP contribution in [0.25, 0.3) is 0 Å². The zero-order valence-corrected chi connectivity index (χ0v) is 20.9. The second kappa shape index (κ2) is 16.2. The molecule has 0 radical (unpaired) electrons. The van der Waals surface area contributed by atoms with Gasteiger partial charge < -0.3 is 9.47 Å². The lowest BCUT2D eigenvalue weighted by Crippen LogP contribution is -2.44. The summed E-state index contributed by atoms with van der Waals surface area (Å²) < 4.78 is 97.1. The Morgan fingerprint density at radius 3 is 0.742 bits per heavy atom. The van der Waals surface area contributed by atoms with Crippen LogP contribution in [0.3, 0.4) is 0 Å². The molecule has 0 spiro atoms. The van der Waals surface area contributed by atoms with E-state index >= 15 is 0 Å². The molecule has 0 aliphatic heterocycles. The molecule has 6 nitrogen and oxygen atoms in total. The Labute approximate surface area is 181 Å². The molecule has 31 heavy (non-hydrogen) atoms. The number of alkyl halides is 6. The summed E-state index contributed by atoms with van der Waals surface area (Å²) in [5.74, 6) is -0.491. The number of hydrogen-bond donors (Lipinski definition) is 0. The molecule has 0 rings (SSSR count). The number of hydrogen-bond acceptors (Lipinski definition) is 6. The van der Waals surface area contributed by atoms with Gasteiger partial charge in [0.2, 0.25) is 0 Å². The van der Waals surface area contributed by atoms with Gasteiger partial charge in [-0.25, -0.2) is 8.42 Å². The Bertz CT molecular complexity index is 544. The fourth-order valence-corrected chi connectivity index (χ4v) is 0.161. The predicted molar refractivity (Wildman–Crippen MR) is 107 cm³/mol. The molecule has 0 aliphatic rings. The van der Waals surface area contributed by atoms with Gasteiger partial charge in [-0.3, -0.25) is 9.59 Å². The minimum atomic E-state index is -5.24. The number of carbonyl (C=O) groups excluding carboxylic acids is 2. The van der Waals surface area contributed by atoms with Crippen LogP contribution in [0.4, 0.5) is 26.3 Å². The maximum atomic E-state index is 11.6. The highest BCUT2D eigenvalue weighted by Gasteiger charge is 2.64. The number of sulfone groups is 1. The number of esters is 2. The predicted octanol–water partition coefficient (Wildman–Crippen LogP) is 5.21. The van der Waals surface area contributed by atoms with E-state index in [-0.39, 0.29) is 25.8 Å². The minimum absolute atomic E-state index is 0.104. The molecular formula is C18H36F6O6S. The van der Waals surface area contributed by atoms with Crippen molar-refractivity contribution in [1.82, 2.24) is 0 Å². The topological polar surface area (TPSA) is 86.7 Å². The van der Waals surface area contributed by atoms with E-state index in [0.717, 1.165) is 12.5 Å². The van der Waals surface area contributed by atoms with Crippen molar-refractivity contribution in [2.24, 2.45) is 10.8 Å². The summed E-state index contributed by atoms with van der Waals surface area (Å²) in [7, 11) is 0.0324. The molecule has 0 atom stereocenters. The fraction of sp³-hybridized carbons (Fsp3) is 0.889. The maximum Gasteiger partial charge on any atom is 0.402 e. The third-order valence-corrected chi connectivity index (χ3v) is 1.99. The molecule has 0 saturated heterocycles. The molecule has 0 unspecified atom stereocenters. The molecule has 0 aromatic heterocycles. The molecule has 13 heteroatoms. The van der Waals surface area contributed by atoms with Crippen LogP contribution in [0.5, 0.6) is 0 Å². The third kappa shape index (κ3) is 47.6. The van der Waals surface area contributed by atoms with E-state index in [1.54, 1.807) is 0 Å². The van der Waals surface area contributed by atoms with Gasteiger partial charge in [0.25, 0.3) is 0 Å². The SMILES string of the molecule is CC(C)(C(F)(F)F)C(F)(F)F.CC(C)(C)C.COC(C)=O.COC(C)=O.CS(C)(=O)=O. The maximum absolute atomic E-state index is 11.6. The lowest BCUT2D eigenvalue weighted by atomic mass is 9.92. The van der Waals surface area contributed by atoms with E-state index in [1.807, 2.05) is 0 Å². The third-order valence-electron chi connectivity index (χ3n) is 1.99. The molecule has 0 aromatic carbocycles. The number of carbonyl (C=O) groups is 2. The van der Waals surface area contributed by atoms with Crippen LogP contribution in [0.1, 0.15) is 55.4 Å². The first-order valence-electron chi connectivity index (χ1n) is 8.42. The van der Waals surface area contributed by atoms with E-state index < -0.39 is 27.6 Å². The molecule has 0 saturated carbocycles. The Hall–Kier alpha value is -1.53. The second-order valence-electron chi connectivity index (χ2n) is 8.15. The monoisotopic (exact) mass is 494 g/mol. The van der Waals surface area contributed by atoms with Gasteiger partial charge in [0, 0.05) is 26.4 Å². The van der Waals surface area contributed by atoms with Crippen molar-refractivity contribution in [3.8, 4) is 0 Å². The van der Waals surface area contributed by atoms with Crippen molar-refractivity contribution in [2.75, 3.05) is 26.7 Å². The zero-order chi connectivity index (χ0) is 27.1. The first-order chi connectivity index (χ1) is 13.0. The first kappa shape index (κ1) is 39.9. The normalized spacial score (nSPS) is 11.4. The van der Waals surface area contributed by atoms with Gasteiger partial charge >= 0.3 is 24.3 Å². The average Bonchev–Trinajstić information content (AvgIpc) is 2.42. The van der Waals surface area contributed by atoms with Crippen LogP contribution in [0.2, 0.25) is 0 Å². The summed E-state index contributed by atoms with van der Waals surface area (Å²) in [6.45, 7) is 11.7. The van der Waals surface area contributed by atoms with Crippen LogP contribution in [-0.4, -0.2) is 59.4 Å². The van der Waals surface area contributed by atoms with Crippen LogP contribution in [0, 0.1) is 10.8 Å². The summed E-state index contributed by atoms with van der Waals surface area (Å²) in [4.78, 5) is 19.2. The molecule has 0 amide bonds. The minimum Gasteiger partial charge on any atom is -0.469 e. The van der Waals surface area contributed by atoms with Gasteiger partial charge in [0.1, 0.15) is 9.84 Å². The molecule has 192 valence electrons. The lowest BCUT2D eigenvalue weighted by molar-refractivity contribution is -0.327. The van der Waals surface area contributed by atoms with E-state index in [4.69, 9.17) is 0 Å². The molecule has 0 aromatic rings. The summed E-state index contributed by atoms with van der Waals surface area (Å²) in [6.07, 6.45) is -8.17. The van der Waals surface area contributed by atoms with Crippen molar-refractivity contribution in [3.63, 3.8) is 0 Å². The largest absolute Gasteiger partial charge is 0.469 e. The van der Waals surface area contributed by atoms with Gasteiger partial charge in [-0.15, -0.1) is 0 Å². The van der Waals surface area contributed by atoms with Gasteiger partial charge in [0.05, 0.1) is 14.2 Å². The standard InChI is InChI=1S/C5H6F6.C5H12.2C3H6O2.C2H6O2S/c1-3(2,4(6,7)8)5(9,10)11;1-5(2,3)4;2*1-3(4)5-2;1-5(2,3)4/h1-2H3;1-4H3;3*1-2H3. The van der Waals surface area contributed by atoms with Gasteiger partial charge in [0.15, 0.2) is 5.41 Å². The summed E-state index contributed by atoms with van der Waals surface area (Å²) in [5.41, 5.74) is -3.12. The number of halogens is 6. The quantitative estimate of drug-likeness (QED) is 0.340. The average molecular weight is 495 g/mol. The Kier molecular flexibility index (Phi) is 20.8. The molecule has 0 heterocycles. The number of ether oxygens (including phenoxy) is 2. The van der Waals surface area contributed by atoms with Crippen molar-refractivity contribution in [3.05, 3.63) is 0 Å². The van der Waals surface area contributed by atoms with Crippen LogP contribution >= 0.6 is 0 Å². The summed E-state index contributed by atoms with van der Waals surface area (Å²) in [6, 6.07) is 0. The van der Waals surface area contributed by atoms with E-state index in [9.17, 15) is 44.3 Å². The second-order valence-corrected chi connectivity index (χ2v) is 10.4. The lowest BCUT2D eigenvalue weighted by Gasteiger charge is -2.29. The first-order valence-corrected chi connectivity index (χ1v) is 10.7. The molecular weight excluding hydrogens is 458 g/mol. The van der Waals surface area contributed by atoms with Crippen molar-refractivity contribution >= 4 is 21.8 Å². The van der Waals surface area contributed by atoms with Gasteiger partial charge in [-0.1, -0.05) is 27.7 Å². The summed E-state index contributed by atoms with van der Waals surface area (Å²) in [5, 5.41) is 0. The smallest absolute Gasteiger partial charge is 0.402 e. The van der Waals surface area contributed by atoms with Crippen LogP contribution < -0.4 is 0 Å². The molecule has 0 N–H and O–H groups in total. The van der Waals surface area contributed by atoms with Crippen molar-refractivity contribution in [1.29, 1.82) is 0 Å². The number of methoxy groups -OCH3 is 2. The van der Waals surface area contributed by atoms with Crippen LogP contribution in [0.15, 0.2) is 0 Å². The highest BCUT2D eigenvalue weighted by atomic mass is 32.2. The molecule has 0 fully saturated rings. The van der Waals surface area contributed by atoms with E-state index in [0.29, 0.717) is 5.41 Å². The van der Waals surface area contributed by atoms with Crippen molar-refractivity contribution < 1.29 is 53.8 Å². The van der Waals surface area contributed by atoms with E-state index in [2.05, 4.69) is 37.2 Å². The Morgan fingerprint density at radius 2 is 0.742 bits per heavy atom. The number of rotatable bonds is 0. The fourth-order valence-electron chi connectivity index (χ4n) is 0.161. The zero-order valence-electron chi connectivity index (χ0n) is 20.1. The highest BCUT2D eigenvalue weighted by Crippen LogP contribution is 2.49. The van der Waals surface area contributed by atoms with Crippen molar-refractivity contribution in [2.45, 2.75) is 67.7 Å². The molecule has 0 bridgehead atoms. The molecule has 0 aliphatic carbocycles. The Morgan fingerprint density at radius 1 is 0.645 bits per heavy atom. The highest BCUT2D eigenvalue weighted by molar-refractivity contribution is 7.89. The summed E-state index contributed by atoms with van der Waals surface area (Å²) >= 11 is 0.